The van der Waals surface area contributed by atoms with E-state index in [4.69, 9.17) is 9.47 Å². The highest BCUT2D eigenvalue weighted by molar-refractivity contribution is 6.46. The molecule has 3 aromatic carbocycles. The Kier molecular flexibility index (Phi) is 5.11. The molecular formula is C26H21NO5. The molecule has 1 fully saturated rings. The van der Waals surface area contributed by atoms with Gasteiger partial charge < -0.3 is 19.5 Å². The zero-order valence-corrected chi connectivity index (χ0v) is 17.2. The van der Waals surface area contributed by atoms with Crippen LogP contribution in [-0.2, 0) is 16.0 Å². The number of Topliss-reactive ketones (excluding diaryl/α,β-unsaturated/α-hetero) is 1. The summed E-state index contributed by atoms with van der Waals surface area (Å²) in [6.45, 7) is 0.455. The summed E-state index contributed by atoms with van der Waals surface area (Å²) < 4.78 is 10.9. The summed E-state index contributed by atoms with van der Waals surface area (Å²) in [5.41, 5.74) is 2.30. The molecule has 6 nitrogen and oxygen atoms in total. The second-order valence-electron chi connectivity index (χ2n) is 7.71. The van der Waals surface area contributed by atoms with E-state index in [1.807, 2.05) is 36.4 Å². The lowest BCUT2D eigenvalue weighted by molar-refractivity contribution is -0.139. The fraction of sp³-hybridized carbons (Fsp3) is 0.154. The van der Waals surface area contributed by atoms with Gasteiger partial charge in [0.25, 0.3) is 11.7 Å². The summed E-state index contributed by atoms with van der Waals surface area (Å²) in [6.07, 6.45) is 0.584. The number of nitrogens with zero attached hydrogens (tertiary/aromatic N) is 1. The van der Waals surface area contributed by atoms with Crippen molar-refractivity contribution in [2.24, 2.45) is 0 Å². The van der Waals surface area contributed by atoms with Gasteiger partial charge in [-0.25, -0.2) is 0 Å². The molecule has 1 unspecified atom stereocenters. The molecule has 0 bridgehead atoms. The summed E-state index contributed by atoms with van der Waals surface area (Å²) in [7, 11) is 0. The first kappa shape index (κ1) is 19.9. The quantitative estimate of drug-likeness (QED) is 0.377. The Labute approximate surface area is 185 Å². The molecule has 160 valence electrons. The normalized spacial score (nSPS) is 18.9. The molecule has 0 aromatic heterocycles. The van der Waals surface area contributed by atoms with Crippen molar-refractivity contribution in [1.29, 1.82) is 0 Å². The Hall–Kier alpha value is -4.06. The average molecular weight is 427 g/mol. The monoisotopic (exact) mass is 427 g/mol. The van der Waals surface area contributed by atoms with Gasteiger partial charge in [0.2, 0.25) is 6.79 Å². The molecule has 3 aromatic rings. The van der Waals surface area contributed by atoms with Crippen molar-refractivity contribution in [2.45, 2.75) is 12.5 Å². The molecule has 0 radical (unpaired) electrons. The number of hydrogen-bond acceptors (Lipinski definition) is 5. The number of ether oxygens (including phenoxy) is 2. The van der Waals surface area contributed by atoms with Gasteiger partial charge in [-0.05, 0) is 29.7 Å². The third-order valence-corrected chi connectivity index (χ3v) is 5.78. The van der Waals surface area contributed by atoms with Crippen LogP contribution in [0.5, 0.6) is 11.5 Å². The van der Waals surface area contributed by atoms with Crippen molar-refractivity contribution in [3.8, 4) is 11.5 Å². The summed E-state index contributed by atoms with van der Waals surface area (Å²) in [5.74, 6) is -0.342. The number of ketones is 1. The number of fused-ring (bicyclic) bond motifs is 1. The summed E-state index contributed by atoms with van der Waals surface area (Å²) in [5, 5.41) is 11.1. The molecule has 1 N–H and O–H groups in total. The SMILES string of the molecule is O=C1C(=O)N(CCc2ccccc2)C(c2ccc3c(c2)OCO3)C1=C(O)c1ccccc1. The van der Waals surface area contributed by atoms with E-state index < -0.39 is 17.7 Å². The summed E-state index contributed by atoms with van der Waals surface area (Å²) in [4.78, 5) is 27.7. The number of benzene rings is 3. The average Bonchev–Trinajstić information content (AvgIpc) is 3.40. The molecule has 2 aliphatic rings. The highest BCUT2D eigenvalue weighted by Crippen LogP contribution is 2.43. The van der Waals surface area contributed by atoms with Gasteiger partial charge in [-0.15, -0.1) is 0 Å². The largest absolute Gasteiger partial charge is 0.507 e. The number of hydrogen-bond donors (Lipinski definition) is 1. The van der Waals surface area contributed by atoms with E-state index in [1.54, 1.807) is 42.5 Å². The van der Waals surface area contributed by atoms with E-state index in [0.29, 0.717) is 35.6 Å². The second-order valence-corrected chi connectivity index (χ2v) is 7.71. The van der Waals surface area contributed by atoms with Gasteiger partial charge in [0.15, 0.2) is 11.5 Å². The number of rotatable bonds is 5. The zero-order chi connectivity index (χ0) is 22.1. The minimum Gasteiger partial charge on any atom is -0.507 e. The Morgan fingerprint density at radius 2 is 1.59 bits per heavy atom. The van der Waals surface area contributed by atoms with Crippen LogP contribution in [0.3, 0.4) is 0 Å². The molecule has 5 rings (SSSR count). The topological polar surface area (TPSA) is 76.1 Å². The zero-order valence-electron chi connectivity index (χ0n) is 17.2. The molecule has 1 amide bonds. The third-order valence-electron chi connectivity index (χ3n) is 5.78. The molecule has 0 saturated carbocycles. The summed E-state index contributed by atoms with van der Waals surface area (Å²) in [6, 6.07) is 23.2. The number of carbonyl (C=O) groups is 2. The van der Waals surface area contributed by atoms with E-state index in [1.165, 1.54) is 4.90 Å². The number of aliphatic hydroxyl groups excluding tert-OH is 1. The van der Waals surface area contributed by atoms with Crippen LogP contribution in [0.15, 0.2) is 84.4 Å². The molecule has 32 heavy (non-hydrogen) atoms. The minimum atomic E-state index is -0.728. The van der Waals surface area contributed by atoms with Crippen LogP contribution in [0.1, 0.15) is 22.7 Å². The first-order chi connectivity index (χ1) is 15.6. The van der Waals surface area contributed by atoms with Crippen molar-refractivity contribution >= 4 is 17.4 Å². The third kappa shape index (κ3) is 3.50. The lowest BCUT2D eigenvalue weighted by Gasteiger charge is -2.25. The van der Waals surface area contributed by atoms with Crippen LogP contribution in [0, 0.1) is 0 Å². The van der Waals surface area contributed by atoms with E-state index in [-0.39, 0.29) is 18.1 Å². The Bertz CT molecular complexity index is 1200. The Morgan fingerprint density at radius 1 is 0.906 bits per heavy atom. The molecule has 0 spiro atoms. The Morgan fingerprint density at radius 3 is 2.34 bits per heavy atom. The van der Waals surface area contributed by atoms with Crippen molar-refractivity contribution in [2.75, 3.05) is 13.3 Å². The van der Waals surface area contributed by atoms with Crippen LogP contribution >= 0.6 is 0 Å². The maximum atomic E-state index is 13.1. The van der Waals surface area contributed by atoms with E-state index >= 15 is 0 Å². The lowest BCUT2D eigenvalue weighted by Crippen LogP contribution is -2.31. The highest BCUT2D eigenvalue weighted by Gasteiger charge is 2.46. The second kappa shape index (κ2) is 8.23. The van der Waals surface area contributed by atoms with Crippen LogP contribution in [0.2, 0.25) is 0 Å². The van der Waals surface area contributed by atoms with Crippen molar-refractivity contribution < 1.29 is 24.2 Å². The standard InChI is InChI=1S/C26H21NO5/c28-24(18-9-5-2-6-10-18)22-23(19-11-12-20-21(15-19)32-16-31-20)27(26(30)25(22)29)14-13-17-7-3-1-4-8-17/h1-12,15,23,28H,13-14,16H2. The number of likely N-dealkylation sites (tertiary alicyclic amines) is 1. The maximum Gasteiger partial charge on any atom is 0.295 e. The molecule has 6 heteroatoms. The van der Waals surface area contributed by atoms with Gasteiger partial charge >= 0.3 is 0 Å². The van der Waals surface area contributed by atoms with Gasteiger partial charge in [0.1, 0.15) is 5.76 Å². The van der Waals surface area contributed by atoms with Crippen LogP contribution in [0.4, 0.5) is 0 Å². The Balaban J connectivity index is 1.59. The lowest BCUT2D eigenvalue weighted by atomic mass is 9.95. The molecule has 2 aliphatic heterocycles. The van der Waals surface area contributed by atoms with E-state index in [0.717, 1.165) is 5.56 Å². The fourth-order valence-electron chi connectivity index (χ4n) is 4.19. The van der Waals surface area contributed by atoms with Gasteiger partial charge in [-0.1, -0.05) is 66.7 Å². The van der Waals surface area contributed by atoms with Gasteiger partial charge in [-0.3, -0.25) is 9.59 Å². The minimum absolute atomic E-state index is 0.0770. The van der Waals surface area contributed by atoms with Crippen molar-refractivity contribution in [3.63, 3.8) is 0 Å². The van der Waals surface area contributed by atoms with E-state index in [9.17, 15) is 14.7 Å². The first-order valence-electron chi connectivity index (χ1n) is 10.4. The highest BCUT2D eigenvalue weighted by atomic mass is 16.7. The first-order valence-corrected chi connectivity index (χ1v) is 10.4. The van der Waals surface area contributed by atoms with Crippen LogP contribution in [0.25, 0.3) is 5.76 Å². The molecule has 2 heterocycles. The maximum absolute atomic E-state index is 13.1. The molecular weight excluding hydrogens is 406 g/mol. The predicted octanol–water partition coefficient (Wildman–Crippen LogP) is 4.08. The number of carbonyl (C=O) groups excluding carboxylic acids is 2. The number of amides is 1. The molecule has 0 aliphatic carbocycles. The van der Waals surface area contributed by atoms with E-state index in [2.05, 4.69) is 0 Å². The van der Waals surface area contributed by atoms with Crippen molar-refractivity contribution in [3.05, 3.63) is 101 Å². The smallest absolute Gasteiger partial charge is 0.295 e. The summed E-state index contributed by atoms with van der Waals surface area (Å²) >= 11 is 0. The number of aliphatic hydroxyl groups is 1. The van der Waals surface area contributed by atoms with Crippen molar-refractivity contribution in [1.82, 2.24) is 4.90 Å². The predicted molar refractivity (Wildman–Crippen MR) is 118 cm³/mol. The van der Waals surface area contributed by atoms with Gasteiger partial charge in [-0.2, -0.15) is 0 Å². The fourth-order valence-corrected chi connectivity index (χ4v) is 4.19. The van der Waals surface area contributed by atoms with Gasteiger partial charge in [0.05, 0.1) is 11.6 Å². The van der Waals surface area contributed by atoms with Gasteiger partial charge in [0, 0.05) is 12.1 Å². The van der Waals surface area contributed by atoms with Crippen LogP contribution in [-0.4, -0.2) is 35.0 Å². The van der Waals surface area contributed by atoms with Crippen LogP contribution < -0.4 is 9.47 Å². The molecule has 1 saturated heterocycles. The molecule has 1 atom stereocenters.